The number of carbonyl (C=O) groups is 2. The molecular formula is C24H21N5O4S2. The van der Waals surface area contributed by atoms with Crippen LogP contribution in [0.25, 0.3) is 11.5 Å². The summed E-state index contributed by atoms with van der Waals surface area (Å²) in [6.45, 7) is 0.644. The molecule has 0 aliphatic carbocycles. The first-order valence-corrected chi connectivity index (χ1v) is 12.7. The number of ether oxygens (including phenoxy) is 1. The van der Waals surface area contributed by atoms with Crippen molar-refractivity contribution in [3.8, 4) is 11.5 Å². The summed E-state index contributed by atoms with van der Waals surface area (Å²) in [5.74, 6) is 0.145. The molecule has 1 aliphatic heterocycles. The molecule has 0 radical (unpaired) electrons. The summed E-state index contributed by atoms with van der Waals surface area (Å²) in [6, 6.07) is 18.3. The lowest BCUT2D eigenvalue weighted by atomic mass is 10.2. The van der Waals surface area contributed by atoms with E-state index in [1.54, 1.807) is 5.38 Å². The molecule has 35 heavy (non-hydrogen) atoms. The standard InChI is InChI=1S/C24H21N5O4S2/c30-20(18-12-7-13-29(18)24(31)32-14-16-8-3-1-4-9-16)26-22-25-19(15-34-22)35-23-28-27-21(33-23)17-10-5-2-6-11-17/h1-6,8-11,15,18H,7,12-14H2,(H,25,26,30). The molecule has 3 heterocycles. The number of aromatic nitrogens is 3. The number of benzene rings is 2. The summed E-state index contributed by atoms with van der Waals surface area (Å²) >= 11 is 2.50. The molecule has 1 unspecified atom stereocenters. The molecule has 2 aromatic heterocycles. The number of likely N-dealkylation sites (tertiary alicyclic amines) is 1. The van der Waals surface area contributed by atoms with E-state index >= 15 is 0 Å². The first kappa shape index (κ1) is 23.1. The van der Waals surface area contributed by atoms with Crippen LogP contribution in [0.4, 0.5) is 9.93 Å². The number of thiazole rings is 1. The zero-order valence-corrected chi connectivity index (χ0v) is 20.1. The van der Waals surface area contributed by atoms with Gasteiger partial charge in [-0.1, -0.05) is 48.5 Å². The Hall–Kier alpha value is -3.70. The number of nitrogens with one attached hydrogen (secondary N) is 1. The van der Waals surface area contributed by atoms with E-state index in [-0.39, 0.29) is 12.5 Å². The van der Waals surface area contributed by atoms with Gasteiger partial charge in [-0.05, 0) is 42.3 Å². The highest BCUT2D eigenvalue weighted by atomic mass is 32.2. The van der Waals surface area contributed by atoms with Crippen LogP contribution >= 0.6 is 23.1 Å². The average Bonchev–Trinajstić information content (AvgIpc) is 3.65. The van der Waals surface area contributed by atoms with Crippen LogP contribution in [-0.4, -0.2) is 44.7 Å². The maximum absolute atomic E-state index is 12.9. The zero-order chi connectivity index (χ0) is 24.0. The van der Waals surface area contributed by atoms with E-state index in [1.807, 2.05) is 60.7 Å². The summed E-state index contributed by atoms with van der Waals surface area (Å²) in [5, 5.41) is 14.2. The molecule has 0 spiro atoms. The van der Waals surface area contributed by atoms with Gasteiger partial charge in [0.2, 0.25) is 11.8 Å². The summed E-state index contributed by atoms with van der Waals surface area (Å²) in [5.41, 5.74) is 1.73. The van der Waals surface area contributed by atoms with Crippen molar-refractivity contribution in [2.75, 3.05) is 11.9 Å². The van der Waals surface area contributed by atoms with Crippen molar-refractivity contribution in [3.05, 3.63) is 71.6 Å². The number of anilines is 1. The second-order valence-electron chi connectivity index (χ2n) is 7.71. The van der Waals surface area contributed by atoms with Gasteiger partial charge in [0.05, 0.1) is 0 Å². The fourth-order valence-electron chi connectivity index (χ4n) is 3.65. The molecule has 9 nitrogen and oxygen atoms in total. The van der Waals surface area contributed by atoms with Crippen LogP contribution in [0.2, 0.25) is 0 Å². The molecule has 1 atom stereocenters. The Morgan fingerprint density at radius 2 is 1.89 bits per heavy atom. The smallest absolute Gasteiger partial charge is 0.410 e. The van der Waals surface area contributed by atoms with E-state index in [9.17, 15) is 9.59 Å². The minimum atomic E-state index is -0.595. The maximum atomic E-state index is 12.9. The lowest BCUT2D eigenvalue weighted by Crippen LogP contribution is -2.43. The molecule has 1 N–H and O–H groups in total. The quantitative estimate of drug-likeness (QED) is 0.369. The Balaban J connectivity index is 1.16. The Bertz CT molecular complexity index is 1300. The van der Waals surface area contributed by atoms with Crippen molar-refractivity contribution in [1.82, 2.24) is 20.1 Å². The second kappa shape index (κ2) is 10.7. The third kappa shape index (κ3) is 5.69. The van der Waals surface area contributed by atoms with Gasteiger partial charge in [0.1, 0.15) is 17.7 Å². The molecule has 11 heteroatoms. The van der Waals surface area contributed by atoms with Crippen LogP contribution < -0.4 is 5.32 Å². The largest absolute Gasteiger partial charge is 0.445 e. The van der Waals surface area contributed by atoms with Gasteiger partial charge < -0.3 is 14.5 Å². The molecule has 5 rings (SSSR count). The lowest BCUT2D eigenvalue weighted by molar-refractivity contribution is -0.120. The van der Waals surface area contributed by atoms with E-state index in [2.05, 4.69) is 20.5 Å². The third-order valence-electron chi connectivity index (χ3n) is 5.33. The van der Waals surface area contributed by atoms with Crippen molar-refractivity contribution in [3.63, 3.8) is 0 Å². The second-order valence-corrected chi connectivity index (χ2v) is 9.54. The van der Waals surface area contributed by atoms with Gasteiger partial charge in [0.25, 0.3) is 5.22 Å². The van der Waals surface area contributed by atoms with Crippen molar-refractivity contribution in [1.29, 1.82) is 0 Å². The normalized spacial score (nSPS) is 15.2. The molecular weight excluding hydrogens is 486 g/mol. The number of amides is 2. The Morgan fingerprint density at radius 1 is 1.11 bits per heavy atom. The van der Waals surface area contributed by atoms with Crippen LogP contribution in [0.5, 0.6) is 0 Å². The van der Waals surface area contributed by atoms with Gasteiger partial charge in [0, 0.05) is 17.5 Å². The fourth-order valence-corrected chi connectivity index (χ4v) is 5.14. The molecule has 178 valence electrons. The predicted octanol–water partition coefficient (Wildman–Crippen LogP) is 5.08. The SMILES string of the molecule is O=C(Nc1nc(Sc2nnc(-c3ccccc3)o2)cs1)C1CCCN1C(=O)OCc1ccccc1. The summed E-state index contributed by atoms with van der Waals surface area (Å²) in [6.07, 6.45) is 0.814. The van der Waals surface area contributed by atoms with Crippen LogP contribution in [0.3, 0.4) is 0 Å². The summed E-state index contributed by atoms with van der Waals surface area (Å²) in [7, 11) is 0. The molecule has 2 aromatic carbocycles. The first-order chi connectivity index (χ1) is 17.2. The predicted molar refractivity (Wildman–Crippen MR) is 131 cm³/mol. The maximum Gasteiger partial charge on any atom is 0.410 e. The minimum absolute atomic E-state index is 0.166. The minimum Gasteiger partial charge on any atom is -0.445 e. The van der Waals surface area contributed by atoms with Crippen LogP contribution in [0.1, 0.15) is 18.4 Å². The monoisotopic (exact) mass is 507 g/mol. The Morgan fingerprint density at radius 3 is 2.69 bits per heavy atom. The van der Waals surface area contributed by atoms with Crippen LogP contribution in [0.15, 0.2) is 80.7 Å². The molecule has 1 fully saturated rings. The van der Waals surface area contributed by atoms with Crippen molar-refractivity contribution < 1.29 is 18.7 Å². The molecule has 2 amide bonds. The van der Waals surface area contributed by atoms with Crippen molar-refractivity contribution in [2.45, 2.75) is 35.7 Å². The zero-order valence-electron chi connectivity index (χ0n) is 18.5. The number of hydrogen-bond acceptors (Lipinski definition) is 9. The average molecular weight is 508 g/mol. The van der Waals surface area contributed by atoms with E-state index < -0.39 is 12.1 Å². The lowest BCUT2D eigenvalue weighted by Gasteiger charge is -2.22. The highest BCUT2D eigenvalue weighted by molar-refractivity contribution is 7.99. The van der Waals surface area contributed by atoms with E-state index in [1.165, 1.54) is 28.0 Å². The Kier molecular flexibility index (Phi) is 7.05. The third-order valence-corrected chi connectivity index (χ3v) is 6.99. The topological polar surface area (TPSA) is 110 Å². The van der Waals surface area contributed by atoms with Crippen molar-refractivity contribution >= 4 is 40.2 Å². The number of hydrogen-bond donors (Lipinski definition) is 1. The van der Waals surface area contributed by atoms with Gasteiger partial charge in [-0.2, -0.15) is 0 Å². The molecule has 1 saturated heterocycles. The van der Waals surface area contributed by atoms with Gasteiger partial charge in [-0.25, -0.2) is 9.78 Å². The van der Waals surface area contributed by atoms with E-state index in [4.69, 9.17) is 9.15 Å². The molecule has 0 saturated carbocycles. The van der Waals surface area contributed by atoms with Crippen molar-refractivity contribution in [2.24, 2.45) is 0 Å². The highest BCUT2D eigenvalue weighted by Crippen LogP contribution is 2.31. The van der Waals surface area contributed by atoms with Gasteiger partial charge >= 0.3 is 6.09 Å². The number of carbonyl (C=O) groups excluding carboxylic acids is 2. The van der Waals surface area contributed by atoms with Gasteiger partial charge in [-0.15, -0.1) is 21.5 Å². The van der Waals surface area contributed by atoms with E-state index in [0.717, 1.165) is 17.5 Å². The van der Waals surface area contributed by atoms with Gasteiger partial charge in [0.15, 0.2) is 5.13 Å². The highest BCUT2D eigenvalue weighted by Gasteiger charge is 2.35. The molecule has 4 aromatic rings. The van der Waals surface area contributed by atoms with Crippen LogP contribution in [0, 0.1) is 0 Å². The summed E-state index contributed by atoms with van der Waals surface area (Å²) < 4.78 is 11.1. The Labute approximate surface area is 209 Å². The van der Waals surface area contributed by atoms with Crippen LogP contribution in [-0.2, 0) is 16.1 Å². The molecule has 1 aliphatic rings. The van der Waals surface area contributed by atoms with Gasteiger partial charge in [-0.3, -0.25) is 9.69 Å². The number of nitrogens with zero attached hydrogens (tertiary/aromatic N) is 4. The summed E-state index contributed by atoms with van der Waals surface area (Å²) in [4.78, 5) is 31.4. The van der Waals surface area contributed by atoms with E-state index in [0.29, 0.717) is 34.2 Å². The molecule has 0 bridgehead atoms. The number of rotatable bonds is 7. The fraction of sp³-hybridized carbons (Fsp3) is 0.208. The first-order valence-electron chi connectivity index (χ1n) is 11.0.